The number of hydrogen-bond acceptors (Lipinski definition) is 6. The monoisotopic (exact) mass is 365 g/mol. The number of nitriles is 1. The van der Waals surface area contributed by atoms with E-state index in [1.807, 2.05) is 54.6 Å². The number of imidazole rings is 1. The number of aliphatic hydroxyl groups is 1. The molecule has 0 aliphatic carbocycles. The molecule has 2 aromatic carbocycles. The molecule has 7 heteroatoms. The maximum Gasteiger partial charge on any atom is 0.316 e. The number of allylic oxidation sites excluding steroid dienone is 1. The summed E-state index contributed by atoms with van der Waals surface area (Å²) >= 11 is 1.34. The predicted octanol–water partition coefficient (Wildman–Crippen LogP) is 3.69. The van der Waals surface area contributed by atoms with Crippen molar-refractivity contribution in [3.63, 3.8) is 0 Å². The van der Waals surface area contributed by atoms with Gasteiger partial charge in [0.25, 0.3) is 0 Å². The van der Waals surface area contributed by atoms with Gasteiger partial charge in [-0.1, -0.05) is 30.3 Å². The van der Waals surface area contributed by atoms with E-state index in [4.69, 9.17) is 4.74 Å². The van der Waals surface area contributed by atoms with E-state index < -0.39 is 5.97 Å². The number of ether oxygens (including phenoxy) is 1. The second-order valence-corrected chi connectivity index (χ2v) is 6.35. The SMILES string of the molecule is N#C/C(=C(\O)COC(=O)CSc1ccccc1)c1nc2ccccc2[nH]1. The molecule has 1 heterocycles. The van der Waals surface area contributed by atoms with Crippen LogP contribution in [0.1, 0.15) is 5.82 Å². The van der Waals surface area contributed by atoms with Gasteiger partial charge in [0, 0.05) is 4.90 Å². The molecule has 6 nitrogen and oxygen atoms in total. The van der Waals surface area contributed by atoms with Crippen LogP contribution in [-0.4, -0.2) is 33.4 Å². The first-order chi connectivity index (χ1) is 12.7. The minimum atomic E-state index is -0.479. The Morgan fingerprint density at radius 1 is 1.19 bits per heavy atom. The smallest absolute Gasteiger partial charge is 0.316 e. The van der Waals surface area contributed by atoms with Crippen LogP contribution in [0, 0.1) is 11.3 Å². The molecule has 0 fully saturated rings. The molecule has 0 aliphatic heterocycles. The third-order valence-corrected chi connectivity index (χ3v) is 4.48. The van der Waals surface area contributed by atoms with Crippen molar-refractivity contribution in [2.24, 2.45) is 0 Å². The first-order valence-electron chi connectivity index (χ1n) is 7.78. The number of aromatic nitrogens is 2. The normalized spacial score (nSPS) is 11.7. The Labute approximate surface area is 154 Å². The maximum atomic E-state index is 11.8. The van der Waals surface area contributed by atoms with Gasteiger partial charge in [-0.2, -0.15) is 5.26 Å². The first-order valence-corrected chi connectivity index (χ1v) is 8.76. The number of rotatable bonds is 6. The molecule has 1 aromatic heterocycles. The lowest BCUT2D eigenvalue weighted by Crippen LogP contribution is -2.11. The van der Waals surface area contributed by atoms with Crippen molar-refractivity contribution in [3.8, 4) is 6.07 Å². The fourth-order valence-corrected chi connectivity index (χ4v) is 2.96. The van der Waals surface area contributed by atoms with Crippen molar-refractivity contribution >= 4 is 34.3 Å². The highest BCUT2D eigenvalue weighted by molar-refractivity contribution is 8.00. The van der Waals surface area contributed by atoms with Gasteiger partial charge in [-0.05, 0) is 24.3 Å². The zero-order valence-corrected chi connectivity index (χ0v) is 14.5. The summed E-state index contributed by atoms with van der Waals surface area (Å²) in [5.74, 6) is -0.470. The third-order valence-electron chi connectivity index (χ3n) is 3.50. The van der Waals surface area contributed by atoms with Gasteiger partial charge in [0.2, 0.25) is 0 Å². The maximum absolute atomic E-state index is 11.8. The molecule has 0 aliphatic rings. The highest BCUT2D eigenvalue weighted by Crippen LogP contribution is 2.20. The predicted molar refractivity (Wildman–Crippen MR) is 99.4 cm³/mol. The first kappa shape index (κ1) is 17.6. The molecule has 0 saturated heterocycles. The molecular formula is C19H15N3O3S. The number of nitrogens with one attached hydrogen (secondary N) is 1. The van der Waals surface area contributed by atoms with E-state index >= 15 is 0 Å². The van der Waals surface area contributed by atoms with Gasteiger partial charge in [0.15, 0.2) is 11.6 Å². The summed E-state index contributed by atoms with van der Waals surface area (Å²) in [6.45, 7) is -0.381. The second-order valence-electron chi connectivity index (χ2n) is 5.30. The summed E-state index contributed by atoms with van der Waals surface area (Å²) in [4.78, 5) is 20.0. The lowest BCUT2D eigenvalue weighted by molar-refractivity contribution is -0.140. The molecule has 0 amide bonds. The number of para-hydroxylation sites is 2. The van der Waals surface area contributed by atoms with Gasteiger partial charge in [-0.15, -0.1) is 11.8 Å². The van der Waals surface area contributed by atoms with Crippen LogP contribution in [-0.2, 0) is 9.53 Å². The van der Waals surface area contributed by atoms with Gasteiger partial charge < -0.3 is 14.8 Å². The van der Waals surface area contributed by atoms with E-state index in [2.05, 4.69) is 9.97 Å². The highest BCUT2D eigenvalue weighted by atomic mass is 32.2. The molecule has 0 bridgehead atoms. The van der Waals surface area contributed by atoms with Crippen LogP contribution < -0.4 is 0 Å². The summed E-state index contributed by atoms with van der Waals surface area (Å²) < 4.78 is 5.04. The standard InChI is InChI=1S/C19H15N3O3S/c20-10-14(19-21-15-8-4-5-9-16(15)22-19)17(23)11-25-18(24)12-26-13-6-2-1-3-7-13/h1-9,23H,11-12H2,(H,21,22)/b17-14+. The van der Waals surface area contributed by atoms with Crippen LogP contribution in [0.3, 0.4) is 0 Å². The van der Waals surface area contributed by atoms with Crippen LogP contribution in [0.25, 0.3) is 16.6 Å². The van der Waals surface area contributed by atoms with E-state index in [1.54, 1.807) is 6.07 Å². The van der Waals surface area contributed by atoms with Crippen molar-refractivity contribution in [2.75, 3.05) is 12.4 Å². The van der Waals surface area contributed by atoms with E-state index in [0.717, 1.165) is 10.4 Å². The lowest BCUT2D eigenvalue weighted by atomic mass is 10.2. The van der Waals surface area contributed by atoms with Gasteiger partial charge in [-0.25, -0.2) is 4.98 Å². The van der Waals surface area contributed by atoms with Crippen molar-refractivity contribution in [2.45, 2.75) is 4.90 Å². The number of H-pyrrole nitrogens is 1. The zero-order chi connectivity index (χ0) is 18.4. The largest absolute Gasteiger partial charge is 0.507 e. The van der Waals surface area contributed by atoms with E-state index in [0.29, 0.717) is 5.52 Å². The van der Waals surface area contributed by atoms with Gasteiger partial charge in [0.1, 0.15) is 18.2 Å². The summed E-state index contributed by atoms with van der Waals surface area (Å²) in [5, 5.41) is 19.5. The number of nitrogens with zero attached hydrogens (tertiary/aromatic N) is 2. The summed E-state index contributed by atoms with van der Waals surface area (Å²) in [5.41, 5.74) is 1.38. The van der Waals surface area contributed by atoms with Crippen LogP contribution in [0.15, 0.2) is 65.3 Å². The molecule has 130 valence electrons. The molecule has 0 spiro atoms. The fourth-order valence-electron chi connectivity index (χ4n) is 2.25. The molecule has 3 aromatic rings. The van der Waals surface area contributed by atoms with Crippen LogP contribution in [0.5, 0.6) is 0 Å². The van der Waals surface area contributed by atoms with Gasteiger partial charge in [-0.3, -0.25) is 4.79 Å². The molecule has 0 atom stereocenters. The molecule has 3 rings (SSSR count). The Morgan fingerprint density at radius 3 is 2.65 bits per heavy atom. The molecule has 26 heavy (non-hydrogen) atoms. The Balaban J connectivity index is 1.63. The minimum absolute atomic E-state index is 0.0512. The number of aliphatic hydroxyl groups excluding tert-OH is 1. The number of aromatic amines is 1. The fraction of sp³-hybridized carbons (Fsp3) is 0.105. The van der Waals surface area contributed by atoms with Gasteiger partial charge in [0.05, 0.1) is 16.8 Å². The van der Waals surface area contributed by atoms with Crippen molar-refractivity contribution < 1.29 is 14.6 Å². The van der Waals surface area contributed by atoms with Gasteiger partial charge >= 0.3 is 5.97 Å². The average molecular weight is 365 g/mol. The minimum Gasteiger partial charge on any atom is -0.507 e. The van der Waals surface area contributed by atoms with Crippen molar-refractivity contribution in [3.05, 3.63) is 66.2 Å². The number of esters is 1. The average Bonchev–Trinajstić information content (AvgIpc) is 3.09. The van der Waals surface area contributed by atoms with Crippen LogP contribution in [0.2, 0.25) is 0 Å². The Kier molecular flexibility index (Phi) is 5.56. The lowest BCUT2D eigenvalue weighted by Gasteiger charge is -2.05. The van der Waals surface area contributed by atoms with E-state index in [-0.39, 0.29) is 29.5 Å². The quantitative estimate of drug-likeness (QED) is 0.299. The summed E-state index contributed by atoms with van der Waals surface area (Å²) in [6.07, 6.45) is 0. The topological polar surface area (TPSA) is 99.0 Å². The number of carbonyl (C=O) groups excluding carboxylic acids is 1. The van der Waals surface area contributed by atoms with Crippen molar-refractivity contribution in [1.82, 2.24) is 9.97 Å². The van der Waals surface area contributed by atoms with E-state index in [9.17, 15) is 15.2 Å². The second kappa shape index (κ2) is 8.23. The molecule has 2 N–H and O–H groups in total. The Bertz CT molecular complexity index is 957. The third kappa shape index (κ3) is 4.23. The molecule has 0 saturated carbocycles. The van der Waals surface area contributed by atoms with Crippen molar-refractivity contribution in [1.29, 1.82) is 5.26 Å². The van der Waals surface area contributed by atoms with Crippen LogP contribution >= 0.6 is 11.8 Å². The summed E-state index contributed by atoms with van der Waals surface area (Å²) in [7, 11) is 0. The highest BCUT2D eigenvalue weighted by Gasteiger charge is 2.15. The zero-order valence-electron chi connectivity index (χ0n) is 13.7. The van der Waals surface area contributed by atoms with Crippen LogP contribution in [0.4, 0.5) is 0 Å². The number of hydrogen-bond donors (Lipinski definition) is 2. The molecular weight excluding hydrogens is 350 g/mol. The number of fused-ring (bicyclic) bond motifs is 1. The molecule has 0 radical (unpaired) electrons. The van der Waals surface area contributed by atoms with E-state index in [1.165, 1.54) is 11.8 Å². The number of thioether (sulfide) groups is 1. The molecule has 0 unspecified atom stereocenters. The Morgan fingerprint density at radius 2 is 1.92 bits per heavy atom. The summed E-state index contributed by atoms with van der Waals surface area (Å²) in [6, 6.07) is 18.6. The number of benzene rings is 2. The Hall–Kier alpha value is -3.24. The number of carbonyl (C=O) groups is 1.